The van der Waals surface area contributed by atoms with Crippen molar-refractivity contribution in [1.82, 2.24) is 5.32 Å². The Balaban J connectivity index is 2.00. The summed E-state index contributed by atoms with van der Waals surface area (Å²) in [6.07, 6.45) is 9.21. The summed E-state index contributed by atoms with van der Waals surface area (Å²) in [4.78, 5) is 12.7. The predicted octanol–water partition coefficient (Wildman–Crippen LogP) is 5.29. The molecule has 0 fully saturated rings. The lowest BCUT2D eigenvalue weighted by Crippen LogP contribution is -2.25. The van der Waals surface area contributed by atoms with Crippen LogP contribution in [0.15, 0.2) is 54.6 Å². The molecule has 0 bridgehead atoms. The maximum atomic E-state index is 12.7. The number of hydrogen-bond donors (Lipinski definition) is 2. The summed E-state index contributed by atoms with van der Waals surface area (Å²) in [6, 6.07) is 17.4. The minimum Gasteiger partial charge on any atom is -0.399 e. The van der Waals surface area contributed by atoms with Gasteiger partial charge in [-0.15, -0.1) is 0 Å². The first-order valence-corrected chi connectivity index (χ1v) is 9.61. The summed E-state index contributed by atoms with van der Waals surface area (Å²) in [5, 5.41) is 3.07. The fourth-order valence-corrected chi connectivity index (χ4v) is 2.86. The number of hydrogen-bond acceptors (Lipinski definition) is 2. The van der Waals surface area contributed by atoms with Crippen LogP contribution >= 0.6 is 0 Å². The Kier molecular flexibility index (Phi) is 8.47. The zero-order valence-corrected chi connectivity index (χ0v) is 15.7. The second-order valence-electron chi connectivity index (χ2n) is 6.61. The van der Waals surface area contributed by atoms with Gasteiger partial charge in [-0.3, -0.25) is 4.79 Å². The SMILES string of the molecule is CCCCCCCCNC(=O)C(=Cc1ccc(N)cc1)c1ccccc1. The summed E-state index contributed by atoms with van der Waals surface area (Å²) in [5.74, 6) is -0.0263. The smallest absolute Gasteiger partial charge is 0.251 e. The Morgan fingerprint density at radius 2 is 1.58 bits per heavy atom. The highest BCUT2D eigenvalue weighted by Crippen LogP contribution is 2.19. The van der Waals surface area contributed by atoms with Crippen molar-refractivity contribution >= 4 is 23.2 Å². The molecular formula is C23H30N2O. The van der Waals surface area contributed by atoms with Gasteiger partial charge in [0.2, 0.25) is 0 Å². The number of nitrogens with one attached hydrogen (secondary N) is 1. The summed E-state index contributed by atoms with van der Waals surface area (Å²) in [5.41, 5.74) is 9.04. The number of unbranched alkanes of at least 4 members (excludes halogenated alkanes) is 5. The molecule has 0 aliphatic rings. The van der Waals surface area contributed by atoms with E-state index in [1.807, 2.05) is 60.7 Å². The molecule has 0 unspecified atom stereocenters. The molecule has 0 heterocycles. The van der Waals surface area contributed by atoms with E-state index in [0.717, 1.165) is 29.8 Å². The monoisotopic (exact) mass is 350 g/mol. The number of rotatable bonds is 10. The van der Waals surface area contributed by atoms with E-state index < -0.39 is 0 Å². The van der Waals surface area contributed by atoms with E-state index in [1.165, 1.54) is 32.1 Å². The van der Waals surface area contributed by atoms with E-state index >= 15 is 0 Å². The third kappa shape index (κ3) is 6.75. The molecule has 3 N–H and O–H groups in total. The van der Waals surface area contributed by atoms with Gasteiger partial charge in [0.05, 0.1) is 0 Å². The van der Waals surface area contributed by atoms with Crippen LogP contribution < -0.4 is 11.1 Å². The van der Waals surface area contributed by atoms with Crippen molar-refractivity contribution in [2.45, 2.75) is 45.4 Å². The van der Waals surface area contributed by atoms with E-state index in [-0.39, 0.29) is 5.91 Å². The van der Waals surface area contributed by atoms with Crippen LogP contribution in [-0.4, -0.2) is 12.5 Å². The summed E-state index contributed by atoms with van der Waals surface area (Å²) in [6.45, 7) is 2.94. The van der Waals surface area contributed by atoms with E-state index in [4.69, 9.17) is 5.73 Å². The number of anilines is 1. The topological polar surface area (TPSA) is 55.1 Å². The van der Waals surface area contributed by atoms with Crippen LogP contribution in [0.1, 0.15) is 56.6 Å². The molecule has 2 aromatic rings. The number of benzene rings is 2. The van der Waals surface area contributed by atoms with Gasteiger partial charge in [0.1, 0.15) is 0 Å². The molecule has 0 saturated heterocycles. The third-order valence-corrected chi connectivity index (χ3v) is 4.39. The van der Waals surface area contributed by atoms with Crippen LogP contribution in [0.5, 0.6) is 0 Å². The molecule has 2 rings (SSSR count). The van der Waals surface area contributed by atoms with Crippen molar-refractivity contribution in [3.8, 4) is 0 Å². The lowest BCUT2D eigenvalue weighted by atomic mass is 10.0. The number of carbonyl (C=O) groups is 1. The van der Waals surface area contributed by atoms with E-state index in [2.05, 4.69) is 12.2 Å². The Labute approximate surface area is 157 Å². The van der Waals surface area contributed by atoms with Crippen molar-refractivity contribution in [2.24, 2.45) is 0 Å². The predicted molar refractivity (Wildman–Crippen MR) is 112 cm³/mol. The summed E-state index contributed by atoms with van der Waals surface area (Å²) in [7, 11) is 0. The average Bonchev–Trinajstić information content (AvgIpc) is 2.67. The standard InChI is InChI=1S/C23H30N2O/c1-2-3-4-5-6-10-17-25-23(26)22(20-11-8-7-9-12-20)18-19-13-15-21(24)16-14-19/h7-9,11-16,18H,2-6,10,17,24H2,1H3,(H,25,26). The fourth-order valence-electron chi connectivity index (χ4n) is 2.86. The molecule has 0 aromatic heterocycles. The lowest BCUT2D eigenvalue weighted by molar-refractivity contribution is -0.115. The molecule has 0 saturated carbocycles. The second-order valence-corrected chi connectivity index (χ2v) is 6.61. The van der Waals surface area contributed by atoms with Crippen LogP contribution in [0.3, 0.4) is 0 Å². The molecule has 138 valence electrons. The van der Waals surface area contributed by atoms with Gasteiger partial charge in [0.15, 0.2) is 0 Å². The van der Waals surface area contributed by atoms with Gasteiger partial charge in [-0.2, -0.15) is 0 Å². The minimum absolute atomic E-state index is 0.0263. The molecule has 0 radical (unpaired) electrons. The van der Waals surface area contributed by atoms with E-state index in [0.29, 0.717) is 5.57 Å². The molecule has 0 aliphatic carbocycles. The second kappa shape index (κ2) is 11.1. The van der Waals surface area contributed by atoms with Gasteiger partial charge in [0, 0.05) is 17.8 Å². The summed E-state index contributed by atoms with van der Waals surface area (Å²) < 4.78 is 0. The maximum Gasteiger partial charge on any atom is 0.251 e. The lowest BCUT2D eigenvalue weighted by Gasteiger charge is -2.10. The van der Waals surface area contributed by atoms with Crippen molar-refractivity contribution in [3.05, 3.63) is 65.7 Å². The molecule has 26 heavy (non-hydrogen) atoms. The Hall–Kier alpha value is -2.55. The van der Waals surface area contributed by atoms with Gasteiger partial charge < -0.3 is 11.1 Å². The number of carbonyl (C=O) groups excluding carboxylic acids is 1. The molecule has 0 aliphatic heterocycles. The molecule has 3 nitrogen and oxygen atoms in total. The highest BCUT2D eigenvalue weighted by molar-refractivity contribution is 6.24. The first kappa shape index (κ1) is 19.8. The average molecular weight is 351 g/mol. The van der Waals surface area contributed by atoms with Crippen LogP contribution in [0.25, 0.3) is 11.6 Å². The van der Waals surface area contributed by atoms with Gasteiger partial charge in [-0.25, -0.2) is 0 Å². The first-order valence-electron chi connectivity index (χ1n) is 9.61. The number of amides is 1. The maximum absolute atomic E-state index is 12.7. The fraction of sp³-hybridized carbons (Fsp3) is 0.348. The van der Waals surface area contributed by atoms with Crippen molar-refractivity contribution in [1.29, 1.82) is 0 Å². The van der Waals surface area contributed by atoms with Gasteiger partial charge >= 0.3 is 0 Å². The summed E-state index contributed by atoms with van der Waals surface area (Å²) >= 11 is 0. The van der Waals surface area contributed by atoms with E-state index in [9.17, 15) is 4.79 Å². The highest BCUT2D eigenvalue weighted by Gasteiger charge is 2.11. The Morgan fingerprint density at radius 1 is 0.923 bits per heavy atom. The van der Waals surface area contributed by atoms with Crippen LogP contribution in [0.2, 0.25) is 0 Å². The van der Waals surface area contributed by atoms with Crippen LogP contribution in [0, 0.1) is 0 Å². The number of nitrogens with two attached hydrogens (primary N) is 1. The molecule has 2 aromatic carbocycles. The zero-order valence-electron chi connectivity index (χ0n) is 15.7. The molecule has 0 spiro atoms. The Morgan fingerprint density at radius 3 is 2.27 bits per heavy atom. The molecule has 0 atom stereocenters. The largest absolute Gasteiger partial charge is 0.399 e. The normalized spacial score (nSPS) is 11.3. The Bertz CT molecular complexity index is 690. The van der Waals surface area contributed by atoms with Gasteiger partial charge in [-0.1, -0.05) is 81.5 Å². The zero-order chi connectivity index (χ0) is 18.6. The van der Waals surface area contributed by atoms with Crippen LogP contribution in [0.4, 0.5) is 5.69 Å². The third-order valence-electron chi connectivity index (χ3n) is 4.39. The molecular weight excluding hydrogens is 320 g/mol. The molecule has 3 heteroatoms. The quantitative estimate of drug-likeness (QED) is 0.265. The van der Waals surface area contributed by atoms with Crippen molar-refractivity contribution < 1.29 is 4.79 Å². The molecule has 1 amide bonds. The minimum atomic E-state index is -0.0263. The highest BCUT2D eigenvalue weighted by atomic mass is 16.1. The van der Waals surface area contributed by atoms with E-state index in [1.54, 1.807) is 0 Å². The van der Waals surface area contributed by atoms with Crippen molar-refractivity contribution in [3.63, 3.8) is 0 Å². The first-order chi connectivity index (χ1) is 12.7. The van der Waals surface area contributed by atoms with Crippen molar-refractivity contribution in [2.75, 3.05) is 12.3 Å². The number of nitrogen functional groups attached to an aromatic ring is 1. The van der Waals surface area contributed by atoms with Gasteiger partial charge in [-0.05, 0) is 35.8 Å². The van der Waals surface area contributed by atoms with Crippen LogP contribution in [-0.2, 0) is 4.79 Å². The van der Waals surface area contributed by atoms with Gasteiger partial charge in [0.25, 0.3) is 5.91 Å².